The van der Waals surface area contributed by atoms with Crippen LogP contribution in [0.5, 0.6) is 5.75 Å². The molecular weight excluding hydrogens is 306 g/mol. The zero-order valence-corrected chi connectivity index (χ0v) is 13.0. The van der Waals surface area contributed by atoms with Crippen molar-refractivity contribution in [3.05, 3.63) is 40.5 Å². The molecule has 0 spiro atoms. The highest BCUT2D eigenvalue weighted by Crippen LogP contribution is 2.33. The molecule has 1 aromatic carbocycles. The van der Waals surface area contributed by atoms with E-state index in [1.165, 1.54) is 0 Å². The number of hydrogen-bond acceptors (Lipinski definition) is 6. The van der Waals surface area contributed by atoms with E-state index in [9.17, 15) is 0 Å². The van der Waals surface area contributed by atoms with E-state index in [0.717, 1.165) is 17.7 Å². The van der Waals surface area contributed by atoms with Crippen LogP contribution in [0.3, 0.4) is 0 Å². The Kier molecular flexibility index (Phi) is 4.61. The maximum atomic E-state index is 6.03. The van der Waals surface area contributed by atoms with Crippen molar-refractivity contribution >= 4 is 11.6 Å². The summed E-state index contributed by atoms with van der Waals surface area (Å²) in [4.78, 5) is 4.43. The van der Waals surface area contributed by atoms with Crippen LogP contribution in [0.2, 0.25) is 5.02 Å². The van der Waals surface area contributed by atoms with Gasteiger partial charge in [-0.2, -0.15) is 4.98 Å². The first-order valence-corrected chi connectivity index (χ1v) is 7.55. The first-order valence-electron chi connectivity index (χ1n) is 7.18. The molecule has 22 heavy (non-hydrogen) atoms. The summed E-state index contributed by atoms with van der Waals surface area (Å²) >= 11 is 6.03. The van der Waals surface area contributed by atoms with Gasteiger partial charge in [0.15, 0.2) is 5.82 Å². The number of methoxy groups -OCH3 is 1. The minimum atomic E-state index is -0.201. The second-order valence-corrected chi connectivity index (χ2v) is 5.69. The molecule has 1 aliphatic heterocycles. The van der Waals surface area contributed by atoms with Gasteiger partial charge in [-0.1, -0.05) is 16.8 Å². The number of benzene rings is 1. The number of ether oxygens (including phenoxy) is 2. The summed E-state index contributed by atoms with van der Waals surface area (Å²) in [6, 6.07) is 5.44. The van der Waals surface area contributed by atoms with Crippen LogP contribution in [-0.2, 0) is 11.2 Å². The Morgan fingerprint density at radius 1 is 1.45 bits per heavy atom. The highest BCUT2D eigenvalue weighted by molar-refractivity contribution is 6.30. The van der Waals surface area contributed by atoms with E-state index in [0.29, 0.717) is 36.3 Å². The Morgan fingerprint density at radius 3 is 3.09 bits per heavy atom. The van der Waals surface area contributed by atoms with Gasteiger partial charge >= 0.3 is 0 Å². The maximum Gasteiger partial charge on any atom is 0.256 e. The van der Waals surface area contributed by atoms with E-state index in [4.69, 9.17) is 31.3 Å². The molecule has 0 saturated carbocycles. The topological polar surface area (TPSA) is 83.4 Å². The van der Waals surface area contributed by atoms with Gasteiger partial charge in [0, 0.05) is 29.5 Å². The average Bonchev–Trinajstić information content (AvgIpc) is 3.15. The number of nitrogens with zero attached hydrogens (tertiary/aromatic N) is 2. The molecule has 2 heterocycles. The number of rotatable bonds is 5. The molecule has 0 aliphatic carbocycles. The third-order valence-electron chi connectivity index (χ3n) is 3.84. The number of hydrogen-bond donors (Lipinski definition) is 1. The van der Waals surface area contributed by atoms with E-state index in [-0.39, 0.29) is 12.0 Å². The van der Waals surface area contributed by atoms with E-state index in [2.05, 4.69) is 10.1 Å². The predicted molar refractivity (Wildman–Crippen MR) is 81.0 cm³/mol. The fourth-order valence-electron chi connectivity index (χ4n) is 2.66. The Bertz CT molecular complexity index is 647. The van der Waals surface area contributed by atoms with Gasteiger partial charge < -0.3 is 19.7 Å². The van der Waals surface area contributed by atoms with Gasteiger partial charge in [-0.15, -0.1) is 0 Å². The first kappa shape index (κ1) is 15.3. The third kappa shape index (κ3) is 3.09. The van der Waals surface area contributed by atoms with Crippen LogP contribution in [0, 0.1) is 5.92 Å². The summed E-state index contributed by atoms with van der Waals surface area (Å²) in [5.74, 6) is 2.03. The molecule has 2 atom stereocenters. The molecule has 7 heteroatoms. The van der Waals surface area contributed by atoms with Gasteiger partial charge in [-0.25, -0.2) is 0 Å². The SMILES string of the molecule is COc1ccc(Cl)cc1Cc1noc([C@H]2OCC[C@H]2CN)n1. The molecule has 1 aromatic heterocycles. The quantitative estimate of drug-likeness (QED) is 0.909. The number of nitrogens with two attached hydrogens (primary N) is 1. The minimum absolute atomic E-state index is 0.201. The van der Waals surface area contributed by atoms with Crippen LogP contribution in [0.1, 0.15) is 29.8 Å². The van der Waals surface area contributed by atoms with Crippen LogP contribution in [0.15, 0.2) is 22.7 Å². The van der Waals surface area contributed by atoms with E-state index >= 15 is 0 Å². The standard InChI is InChI=1S/C15H18ClN3O3/c1-20-12-3-2-11(16)6-10(12)7-13-18-15(22-19-13)14-9(8-17)4-5-21-14/h2-3,6,9,14H,4-5,7-8,17H2,1H3/t9-,14-/m0/s1. The number of halogens is 1. The van der Waals surface area contributed by atoms with Gasteiger partial charge in [0.25, 0.3) is 5.89 Å². The zero-order valence-electron chi connectivity index (χ0n) is 12.3. The monoisotopic (exact) mass is 323 g/mol. The van der Waals surface area contributed by atoms with Crippen molar-refractivity contribution in [2.24, 2.45) is 11.7 Å². The molecule has 118 valence electrons. The summed E-state index contributed by atoms with van der Waals surface area (Å²) in [5, 5.41) is 4.66. The Hall–Kier alpha value is -1.63. The maximum absolute atomic E-state index is 6.03. The molecular formula is C15H18ClN3O3. The lowest BCUT2D eigenvalue weighted by Crippen LogP contribution is -2.18. The highest BCUT2D eigenvalue weighted by Gasteiger charge is 2.33. The fraction of sp³-hybridized carbons (Fsp3) is 0.467. The van der Waals surface area contributed by atoms with Crippen molar-refractivity contribution in [3.63, 3.8) is 0 Å². The average molecular weight is 324 g/mol. The summed E-state index contributed by atoms with van der Waals surface area (Å²) in [7, 11) is 1.62. The second-order valence-electron chi connectivity index (χ2n) is 5.26. The summed E-state index contributed by atoms with van der Waals surface area (Å²) in [6.07, 6.45) is 1.20. The van der Waals surface area contributed by atoms with Gasteiger partial charge in [0.1, 0.15) is 11.9 Å². The van der Waals surface area contributed by atoms with Crippen LogP contribution in [0.25, 0.3) is 0 Å². The molecule has 0 bridgehead atoms. The zero-order chi connectivity index (χ0) is 15.5. The van der Waals surface area contributed by atoms with Crippen LogP contribution in [0.4, 0.5) is 0 Å². The van der Waals surface area contributed by atoms with Crippen molar-refractivity contribution in [2.75, 3.05) is 20.3 Å². The van der Waals surface area contributed by atoms with Crippen molar-refractivity contribution < 1.29 is 14.0 Å². The molecule has 3 rings (SSSR count). The summed E-state index contributed by atoms with van der Waals surface area (Å²) < 4.78 is 16.3. The lowest BCUT2D eigenvalue weighted by molar-refractivity contribution is 0.0642. The minimum Gasteiger partial charge on any atom is -0.496 e. The third-order valence-corrected chi connectivity index (χ3v) is 4.07. The van der Waals surface area contributed by atoms with E-state index in [1.54, 1.807) is 13.2 Å². The highest BCUT2D eigenvalue weighted by atomic mass is 35.5. The smallest absolute Gasteiger partial charge is 0.256 e. The molecule has 1 saturated heterocycles. The first-order chi connectivity index (χ1) is 10.7. The molecule has 0 amide bonds. The normalized spacial score (nSPS) is 21.2. The number of aromatic nitrogens is 2. The summed E-state index contributed by atoms with van der Waals surface area (Å²) in [6.45, 7) is 1.22. The molecule has 2 aromatic rings. The molecule has 2 N–H and O–H groups in total. The van der Waals surface area contributed by atoms with Gasteiger partial charge in [-0.3, -0.25) is 0 Å². The lowest BCUT2D eigenvalue weighted by Gasteiger charge is -2.11. The van der Waals surface area contributed by atoms with E-state index < -0.39 is 0 Å². The Morgan fingerprint density at radius 2 is 2.32 bits per heavy atom. The molecule has 1 aliphatic rings. The van der Waals surface area contributed by atoms with Crippen molar-refractivity contribution in [3.8, 4) is 5.75 Å². The summed E-state index contributed by atoms with van der Waals surface area (Å²) in [5.41, 5.74) is 6.65. The lowest BCUT2D eigenvalue weighted by atomic mass is 10.0. The molecule has 1 fully saturated rings. The Balaban J connectivity index is 1.79. The van der Waals surface area contributed by atoms with Gasteiger partial charge in [0.05, 0.1) is 7.11 Å². The largest absolute Gasteiger partial charge is 0.496 e. The predicted octanol–water partition coefficient (Wildman–Crippen LogP) is 2.36. The fourth-order valence-corrected chi connectivity index (χ4v) is 2.85. The van der Waals surface area contributed by atoms with Crippen molar-refractivity contribution in [1.29, 1.82) is 0 Å². The Labute approximate surface area is 133 Å². The second kappa shape index (κ2) is 6.64. The van der Waals surface area contributed by atoms with Crippen LogP contribution < -0.4 is 10.5 Å². The van der Waals surface area contributed by atoms with E-state index in [1.807, 2.05) is 12.1 Å². The van der Waals surface area contributed by atoms with Crippen LogP contribution in [-0.4, -0.2) is 30.4 Å². The van der Waals surface area contributed by atoms with Gasteiger partial charge in [-0.05, 0) is 31.2 Å². The van der Waals surface area contributed by atoms with Crippen LogP contribution >= 0.6 is 11.6 Å². The van der Waals surface area contributed by atoms with Gasteiger partial charge in [0.2, 0.25) is 0 Å². The molecule has 0 unspecified atom stereocenters. The van der Waals surface area contributed by atoms with Crippen molar-refractivity contribution in [2.45, 2.75) is 18.9 Å². The molecule has 6 nitrogen and oxygen atoms in total. The van der Waals surface area contributed by atoms with Crippen molar-refractivity contribution in [1.82, 2.24) is 10.1 Å². The molecule has 0 radical (unpaired) electrons.